The van der Waals surface area contributed by atoms with Crippen LogP contribution in [-0.4, -0.2) is 23.8 Å². The Labute approximate surface area is 74.4 Å². The summed E-state index contributed by atoms with van der Waals surface area (Å²) in [7, 11) is 0. The predicted molar refractivity (Wildman–Crippen MR) is 49.6 cm³/mol. The van der Waals surface area contributed by atoms with Crippen molar-refractivity contribution in [1.82, 2.24) is 5.32 Å². The number of aliphatic hydroxyl groups excluding tert-OH is 1. The van der Waals surface area contributed by atoms with Crippen molar-refractivity contribution in [2.75, 3.05) is 6.54 Å². The summed E-state index contributed by atoms with van der Waals surface area (Å²) in [5.74, 6) is 3.18. The molecule has 68 valence electrons. The smallest absolute Gasteiger partial charge is 0.0827 e. The van der Waals surface area contributed by atoms with Crippen LogP contribution in [0.1, 0.15) is 20.3 Å². The Bertz CT molecular complexity index is 185. The number of rotatable bonds is 2. The summed E-state index contributed by atoms with van der Waals surface area (Å²) in [5.41, 5.74) is 0. The highest BCUT2D eigenvalue weighted by Gasteiger charge is 2.29. The van der Waals surface area contributed by atoms with Gasteiger partial charge in [0.25, 0.3) is 0 Å². The second kappa shape index (κ2) is 3.93. The first-order valence-corrected chi connectivity index (χ1v) is 4.52. The molecule has 1 saturated heterocycles. The van der Waals surface area contributed by atoms with E-state index in [1.54, 1.807) is 0 Å². The van der Waals surface area contributed by atoms with Crippen LogP contribution in [-0.2, 0) is 0 Å². The maximum Gasteiger partial charge on any atom is 0.0827 e. The van der Waals surface area contributed by atoms with Crippen molar-refractivity contribution in [3.05, 3.63) is 0 Å². The maximum absolute atomic E-state index is 9.73. The highest BCUT2D eigenvalue weighted by Crippen LogP contribution is 2.19. The summed E-state index contributed by atoms with van der Waals surface area (Å²) < 4.78 is 0. The maximum atomic E-state index is 9.73. The Morgan fingerprint density at radius 2 is 2.33 bits per heavy atom. The van der Waals surface area contributed by atoms with Gasteiger partial charge in [-0.2, -0.15) is 0 Å². The van der Waals surface area contributed by atoms with Crippen molar-refractivity contribution in [3.63, 3.8) is 0 Å². The van der Waals surface area contributed by atoms with Gasteiger partial charge in [-0.1, -0.05) is 6.92 Å². The first-order valence-electron chi connectivity index (χ1n) is 4.52. The topological polar surface area (TPSA) is 32.3 Å². The van der Waals surface area contributed by atoms with Crippen molar-refractivity contribution < 1.29 is 5.11 Å². The van der Waals surface area contributed by atoms with Gasteiger partial charge in [0.15, 0.2) is 0 Å². The number of aliphatic hydroxyl groups is 1. The van der Waals surface area contributed by atoms with Crippen LogP contribution in [0.4, 0.5) is 0 Å². The molecule has 0 unspecified atom stereocenters. The Kier molecular flexibility index (Phi) is 3.13. The van der Waals surface area contributed by atoms with Gasteiger partial charge in [0, 0.05) is 12.0 Å². The molecule has 1 aliphatic heterocycles. The molecule has 0 radical (unpaired) electrons. The molecule has 0 aromatic heterocycles. The van der Waals surface area contributed by atoms with Gasteiger partial charge >= 0.3 is 0 Å². The van der Waals surface area contributed by atoms with Crippen LogP contribution in [0.2, 0.25) is 0 Å². The summed E-state index contributed by atoms with van der Waals surface area (Å²) in [6, 6.07) is 0.200. The van der Waals surface area contributed by atoms with Crippen LogP contribution in [0.15, 0.2) is 0 Å². The molecule has 0 spiro atoms. The van der Waals surface area contributed by atoms with E-state index in [0.717, 1.165) is 13.0 Å². The number of nitrogens with one attached hydrogen (secondary N) is 1. The monoisotopic (exact) mass is 167 g/mol. The summed E-state index contributed by atoms with van der Waals surface area (Å²) in [4.78, 5) is 0. The minimum atomic E-state index is -0.389. The largest absolute Gasteiger partial charge is 0.390 e. The molecule has 1 fully saturated rings. The molecule has 2 nitrogen and oxygen atoms in total. The van der Waals surface area contributed by atoms with Crippen LogP contribution in [0.25, 0.3) is 0 Å². The number of hydrogen-bond donors (Lipinski definition) is 2. The van der Waals surface area contributed by atoms with E-state index in [2.05, 4.69) is 18.2 Å². The molecule has 0 aliphatic carbocycles. The fourth-order valence-corrected chi connectivity index (χ4v) is 1.66. The Hall–Kier alpha value is -0.520. The van der Waals surface area contributed by atoms with Crippen LogP contribution < -0.4 is 5.32 Å². The van der Waals surface area contributed by atoms with E-state index in [1.165, 1.54) is 0 Å². The minimum Gasteiger partial charge on any atom is -0.390 e. The molecule has 12 heavy (non-hydrogen) atoms. The van der Waals surface area contributed by atoms with E-state index in [4.69, 9.17) is 6.42 Å². The molecule has 0 bridgehead atoms. The van der Waals surface area contributed by atoms with E-state index >= 15 is 0 Å². The van der Waals surface area contributed by atoms with Crippen molar-refractivity contribution >= 4 is 0 Å². The zero-order chi connectivity index (χ0) is 9.14. The lowest BCUT2D eigenvalue weighted by molar-refractivity contribution is 0.104. The van der Waals surface area contributed by atoms with Gasteiger partial charge in [-0.15, -0.1) is 12.3 Å². The summed E-state index contributed by atoms with van der Waals surface area (Å²) in [6.07, 6.45) is 5.88. The quantitative estimate of drug-likeness (QED) is 0.591. The third kappa shape index (κ3) is 2.00. The van der Waals surface area contributed by atoms with Gasteiger partial charge in [0.2, 0.25) is 0 Å². The molecule has 2 heteroatoms. The lowest BCUT2D eigenvalue weighted by Gasteiger charge is -2.20. The molecule has 2 N–H and O–H groups in total. The second-order valence-corrected chi connectivity index (χ2v) is 3.80. The molecular weight excluding hydrogens is 150 g/mol. The van der Waals surface area contributed by atoms with E-state index in [9.17, 15) is 5.11 Å². The third-order valence-electron chi connectivity index (χ3n) is 2.57. The van der Waals surface area contributed by atoms with Gasteiger partial charge in [0.1, 0.15) is 0 Å². The van der Waals surface area contributed by atoms with Crippen molar-refractivity contribution in [2.45, 2.75) is 32.4 Å². The van der Waals surface area contributed by atoms with Gasteiger partial charge in [-0.25, -0.2) is 0 Å². The van der Waals surface area contributed by atoms with E-state index in [-0.39, 0.29) is 18.1 Å². The highest BCUT2D eigenvalue weighted by atomic mass is 16.3. The number of hydrogen-bond acceptors (Lipinski definition) is 2. The number of terminal acetylenes is 1. The van der Waals surface area contributed by atoms with E-state index in [0.29, 0.717) is 5.92 Å². The standard InChI is InChI=1S/C10H17NO/c1-4-8(3)10(12)9-5-7(2)6-11-9/h1,7-12H,5-6H2,2-3H3/t7-,8+,9+,10+/m0/s1. The zero-order valence-corrected chi connectivity index (χ0v) is 7.75. The van der Waals surface area contributed by atoms with Gasteiger partial charge in [-0.3, -0.25) is 0 Å². The molecule has 0 saturated carbocycles. The minimum absolute atomic E-state index is 0.0483. The zero-order valence-electron chi connectivity index (χ0n) is 7.75. The molecule has 1 rings (SSSR count). The molecular formula is C10H17NO. The van der Waals surface area contributed by atoms with Crippen molar-refractivity contribution in [1.29, 1.82) is 0 Å². The average molecular weight is 167 g/mol. The van der Waals surface area contributed by atoms with Gasteiger partial charge < -0.3 is 10.4 Å². The molecule has 0 aromatic rings. The van der Waals surface area contributed by atoms with Crippen LogP contribution >= 0.6 is 0 Å². The van der Waals surface area contributed by atoms with Gasteiger partial charge in [0.05, 0.1) is 6.10 Å². The summed E-state index contributed by atoms with van der Waals surface area (Å²) in [5, 5.41) is 13.0. The van der Waals surface area contributed by atoms with Crippen LogP contribution in [0.3, 0.4) is 0 Å². The Morgan fingerprint density at radius 1 is 1.67 bits per heavy atom. The first kappa shape index (κ1) is 9.57. The SMILES string of the molecule is C#C[C@@H](C)[C@@H](O)[C@H]1C[C@H](C)CN1. The summed E-state index contributed by atoms with van der Waals surface area (Å²) in [6.45, 7) is 5.06. The molecule has 4 atom stereocenters. The van der Waals surface area contributed by atoms with E-state index in [1.807, 2.05) is 6.92 Å². The first-order chi connectivity index (χ1) is 5.65. The van der Waals surface area contributed by atoms with Crippen molar-refractivity contribution in [2.24, 2.45) is 11.8 Å². The second-order valence-electron chi connectivity index (χ2n) is 3.80. The molecule has 0 amide bonds. The van der Waals surface area contributed by atoms with Crippen molar-refractivity contribution in [3.8, 4) is 12.3 Å². The van der Waals surface area contributed by atoms with Gasteiger partial charge in [-0.05, 0) is 25.8 Å². The molecule has 0 aromatic carbocycles. The average Bonchev–Trinajstić information content (AvgIpc) is 2.49. The Morgan fingerprint density at radius 3 is 2.75 bits per heavy atom. The van der Waals surface area contributed by atoms with E-state index < -0.39 is 0 Å². The lowest BCUT2D eigenvalue weighted by atomic mass is 9.95. The van der Waals surface area contributed by atoms with Crippen LogP contribution in [0, 0.1) is 24.2 Å². The molecule has 1 aliphatic rings. The highest BCUT2D eigenvalue weighted by molar-refractivity contribution is 4.99. The predicted octanol–water partition coefficient (Wildman–Crippen LogP) is 0.615. The lowest BCUT2D eigenvalue weighted by Crippen LogP contribution is -2.38. The molecule has 1 heterocycles. The van der Waals surface area contributed by atoms with Crippen LogP contribution in [0.5, 0.6) is 0 Å². The Balaban J connectivity index is 2.44. The fourth-order valence-electron chi connectivity index (χ4n) is 1.66. The fraction of sp³-hybridized carbons (Fsp3) is 0.800. The normalized spacial score (nSPS) is 34.2. The third-order valence-corrected chi connectivity index (χ3v) is 2.57. The summed E-state index contributed by atoms with van der Waals surface area (Å²) >= 11 is 0.